The minimum absolute atomic E-state index is 0.177. The van der Waals surface area contributed by atoms with Crippen molar-refractivity contribution in [3.63, 3.8) is 0 Å². The summed E-state index contributed by atoms with van der Waals surface area (Å²) < 4.78 is 16.4. The molecule has 3 unspecified atom stereocenters. The van der Waals surface area contributed by atoms with Crippen LogP contribution in [0.2, 0.25) is 0 Å². The molecule has 0 spiro atoms. The van der Waals surface area contributed by atoms with Gasteiger partial charge in [0.2, 0.25) is 0 Å². The lowest BCUT2D eigenvalue weighted by atomic mass is 9.81. The minimum Gasteiger partial charge on any atom is -0.465 e. The lowest BCUT2D eigenvalue weighted by Crippen LogP contribution is -2.42. The monoisotopic (exact) mass is 344 g/mol. The van der Waals surface area contributed by atoms with Crippen LogP contribution in [0.25, 0.3) is 0 Å². The van der Waals surface area contributed by atoms with Crippen molar-refractivity contribution in [2.45, 2.75) is 33.0 Å². The van der Waals surface area contributed by atoms with Gasteiger partial charge < -0.3 is 14.2 Å². The van der Waals surface area contributed by atoms with Crippen LogP contribution >= 0.6 is 0 Å². The molecule has 0 bridgehead atoms. The number of esters is 2. The van der Waals surface area contributed by atoms with E-state index in [1.807, 2.05) is 18.2 Å². The molecule has 0 heterocycles. The van der Waals surface area contributed by atoms with Gasteiger partial charge in [-0.25, -0.2) is 4.79 Å². The van der Waals surface area contributed by atoms with Crippen molar-refractivity contribution in [2.24, 2.45) is 5.41 Å². The van der Waals surface area contributed by atoms with E-state index in [0.29, 0.717) is 12.2 Å². The minimum atomic E-state index is -0.895. The molecule has 5 nitrogen and oxygen atoms in total. The third kappa shape index (κ3) is 4.79. The first kappa shape index (κ1) is 18.9. The summed E-state index contributed by atoms with van der Waals surface area (Å²) in [6.07, 6.45) is 6.29. The van der Waals surface area contributed by atoms with Crippen LogP contribution in [0.4, 0.5) is 0 Å². The van der Waals surface area contributed by atoms with Crippen molar-refractivity contribution in [2.75, 3.05) is 13.2 Å². The standard InChI is InChI=1S/C20H24O5/c1-4-23-19(22)20(3)13-9-8-12-17(20)24-14-15(2)25-18(21)16-10-6-5-7-11-16/h5-13,15,17H,4,14H2,1-3H3. The van der Waals surface area contributed by atoms with Crippen molar-refractivity contribution in [3.05, 3.63) is 60.2 Å². The predicted molar refractivity (Wildman–Crippen MR) is 94.1 cm³/mol. The lowest BCUT2D eigenvalue weighted by Gasteiger charge is -2.33. The van der Waals surface area contributed by atoms with Crippen LogP contribution in [0.5, 0.6) is 0 Å². The molecule has 0 aromatic heterocycles. The van der Waals surface area contributed by atoms with Crippen LogP contribution in [-0.4, -0.2) is 37.4 Å². The van der Waals surface area contributed by atoms with Gasteiger partial charge in [-0.2, -0.15) is 0 Å². The molecule has 0 amide bonds. The van der Waals surface area contributed by atoms with E-state index in [-0.39, 0.29) is 12.6 Å². The number of hydrogen-bond acceptors (Lipinski definition) is 5. The van der Waals surface area contributed by atoms with Crippen molar-refractivity contribution in [3.8, 4) is 0 Å². The highest BCUT2D eigenvalue weighted by Crippen LogP contribution is 2.31. The van der Waals surface area contributed by atoms with E-state index < -0.39 is 23.6 Å². The molecule has 1 aromatic rings. The van der Waals surface area contributed by atoms with Crippen LogP contribution in [0.1, 0.15) is 31.1 Å². The summed E-state index contributed by atoms with van der Waals surface area (Å²) in [6, 6.07) is 8.79. The molecule has 134 valence electrons. The number of carbonyl (C=O) groups is 2. The summed E-state index contributed by atoms with van der Waals surface area (Å²) in [5.74, 6) is -0.738. The number of allylic oxidation sites excluding steroid dienone is 2. The maximum absolute atomic E-state index is 12.3. The topological polar surface area (TPSA) is 61.8 Å². The number of hydrogen-bond donors (Lipinski definition) is 0. The van der Waals surface area contributed by atoms with Crippen molar-refractivity contribution in [1.82, 2.24) is 0 Å². The van der Waals surface area contributed by atoms with E-state index in [1.54, 1.807) is 57.2 Å². The molecule has 0 radical (unpaired) electrons. The van der Waals surface area contributed by atoms with E-state index in [2.05, 4.69) is 0 Å². The Kier molecular flexibility index (Phi) is 6.53. The van der Waals surface area contributed by atoms with E-state index in [0.717, 1.165) is 0 Å². The van der Waals surface area contributed by atoms with Crippen LogP contribution in [0.15, 0.2) is 54.6 Å². The number of carbonyl (C=O) groups excluding carboxylic acids is 2. The molecule has 25 heavy (non-hydrogen) atoms. The molecule has 3 atom stereocenters. The highest BCUT2D eigenvalue weighted by Gasteiger charge is 2.41. The molecule has 0 N–H and O–H groups in total. The van der Waals surface area contributed by atoms with Gasteiger partial charge in [-0.1, -0.05) is 42.5 Å². The first-order valence-electron chi connectivity index (χ1n) is 8.38. The Morgan fingerprint density at radius 1 is 1.20 bits per heavy atom. The third-order valence-electron chi connectivity index (χ3n) is 3.97. The van der Waals surface area contributed by atoms with Gasteiger partial charge in [0, 0.05) is 0 Å². The zero-order valence-electron chi connectivity index (χ0n) is 14.8. The fraction of sp³-hybridized carbons (Fsp3) is 0.400. The molecule has 0 saturated heterocycles. The second kappa shape index (κ2) is 8.62. The van der Waals surface area contributed by atoms with Crippen molar-refractivity contribution in [1.29, 1.82) is 0 Å². The van der Waals surface area contributed by atoms with Gasteiger partial charge >= 0.3 is 11.9 Å². The van der Waals surface area contributed by atoms with Crippen LogP contribution < -0.4 is 0 Å². The fourth-order valence-corrected chi connectivity index (χ4v) is 2.51. The van der Waals surface area contributed by atoms with Gasteiger partial charge in [0.15, 0.2) is 0 Å². The normalized spacial score (nSPS) is 23.1. The summed E-state index contributed by atoms with van der Waals surface area (Å²) in [7, 11) is 0. The highest BCUT2D eigenvalue weighted by molar-refractivity contribution is 5.89. The molecular weight excluding hydrogens is 320 g/mol. The van der Waals surface area contributed by atoms with Crippen molar-refractivity contribution >= 4 is 11.9 Å². The Balaban J connectivity index is 1.92. The molecule has 1 aliphatic carbocycles. The van der Waals surface area contributed by atoms with E-state index in [1.165, 1.54) is 0 Å². The third-order valence-corrected chi connectivity index (χ3v) is 3.97. The second-order valence-electron chi connectivity index (χ2n) is 6.08. The Hall–Kier alpha value is -2.40. The smallest absolute Gasteiger partial charge is 0.338 e. The van der Waals surface area contributed by atoms with Gasteiger partial charge in [-0.05, 0) is 32.9 Å². The van der Waals surface area contributed by atoms with Crippen LogP contribution in [0.3, 0.4) is 0 Å². The predicted octanol–water partition coefficient (Wildman–Crippen LogP) is 3.31. The molecule has 2 rings (SSSR count). The van der Waals surface area contributed by atoms with Gasteiger partial charge in [0.1, 0.15) is 11.5 Å². The summed E-state index contributed by atoms with van der Waals surface area (Å²) in [5, 5.41) is 0. The zero-order chi connectivity index (χ0) is 18.3. The molecule has 0 fully saturated rings. The number of rotatable bonds is 7. The van der Waals surface area contributed by atoms with E-state index >= 15 is 0 Å². The fourth-order valence-electron chi connectivity index (χ4n) is 2.51. The highest BCUT2D eigenvalue weighted by atomic mass is 16.6. The molecule has 0 saturated carbocycles. The van der Waals surface area contributed by atoms with Crippen LogP contribution in [-0.2, 0) is 19.0 Å². The van der Waals surface area contributed by atoms with Crippen molar-refractivity contribution < 1.29 is 23.8 Å². The summed E-state index contributed by atoms with van der Waals surface area (Å²) in [6.45, 7) is 5.78. The van der Waals surface area contributed by atoms with Gasteiger partial charge in [-0.15, -0.1) is 0 Å². The zero-order valence-corrected chi connectivity index (χ0v) is 14.8. The summed E-state index contributed by atoms with van der Waals surface area (Å²) in [4.78, 5) is 24.3. The second-order valence-corrected chi connectivity index (χ2v) is 6.08. The largest absolute Gasteiger partial charge is 0.465 e. The Bertz CT molecular complexity index is 649. The molecule has 1 aliphatic rings. The first-order valence-corrected chi connectivity index (χ1v) is 8.38. The summed E-state index contributed by atoms with van der Waals surface area (Å²) in [5.41, 5.74) is -0.403. The summed E-state index contributed by atoms with van der Waals surface area (Å²) >= 11 is 0. The Labute approximate surface area is 148 Å². The molecule has 1 aromatic carbocycles. The van der Waals surface area contributed by atoms with Gasteiger partial charge in [-0.3, -0.25) is 4.79 Å². The average Bonchev–Trinajstić information content (AvgIpc) is 2.62. The molecule has 0 aliphatic heterocycles. The lowest BCUT2D eigenvalue weighted by molar-refractivity contribution is -0.158. The molecular formula is C20H24O5. The maximum atomic E-state index is 12.3. The van der Waals surface area contributed by atoms with Gasteiger partial charge in [0.25, 0.3) is 0 Å². The molecule has 5 heteroatoms. The number of ether oxygens (including phenoxy) is 3. The Morgan fingerprint density at radius 2 is 1.92 bits per heavy atom. The first-order chi connectivity index (χ1) is 12.0. The Morgan fingerprint density at radius 3 is 2.60 bits per heavy atom. The van der Waals surface area contributed by atoms with Crippen LogP contribution in [0, 0.1) is 5.41 Å². The quantitative estimate of drug-likeness (QED) is 0.710. The van der Waals surface area contributed by atoms with Gasteiger partial charge in [0.05, 0.1) is 24.9 Å². The van der Waals surface area contributed by atoms with E-state index in [4.69, 9.17) is 14.2 Å². The maximum Gasteiger partial charge on any atom is 0.338 e. The van der Waals surface area contributed by atoms with E-state index in [9.17, 15) is 9.59 Å². The number of benzene rings is 1. The average molecular weight is 344 g/mol. The SMILES string of the molecule is CCOC(=O)C1(C)C=CC=CC1OCC(C)OC(=O)c1ccccc1.